The first kappa shape index (κ1) is 24.5. The zero-order chi connectivity index (χ0) is 24.9. The van der Waals surface area contributed by atoms with Gasteiger partial charge in [0, 0.05) is 24.3 Å². The minimum atomic E-state index is -0.647. The Morgan fingerprint density at radius 2 is 1.80 bits per heavy atom. The molecule has 4 rings (SSSR count). The highest BCUT2D eigenvalue weighted by Crippen LogP contribution is 2.47. The van der Waals surface area contributed by atoms with Crippen molar-refractivity contribution in [3.05, 3.63) is 58.7 Å². The van der Waals surface area contributed by atoms with Crippen molar-refractivity contribution in [2.45, 2.75) is 63.9 Å². The second-order valence-electron chi connectivity index (χ2n) is 9.05. The third-order valence-electron chi connectivity index (χ3n) is 6.50. The number of phenolic OH excluding ortho intramolecular Hbond substituents is 1. The van der Waals surface area contributed by atoms with Crippen LogP contribution in [0.4, 0.5) is 0 Å². The molecular formula is C28H30O7. The number of hydrogen-bond donors (Lipinski definition) is 1. The van der Waals surface area contributed by atoms with E-state index in [0.717, 1.165) is 5.56 Å². The summed E-state index contributed by atoms with van der Waals surface area (Å²) in [5.74, 6) is -0.697. The summed E-state index contributed by atoms with van der Waals surface area (Å²) in [5, 5.41) is 11.4. The lowest BCUT2D eigenvalue weighted by Gasteiger charge is -2.27. The number of benzene rings is 2. The fourth-order valence-corrected chi connectivity index (χ4v) is 4.64. The van der Waals surface area contributed by atoms with Crippen LogP contribution < -0.4 is 9.47 Å². The van der Waals surface area contributed by atoms with E-state index < -0.39 is 24.0 Å². The van der Waals surface area contributed by atoms with E-state index in [2.05, 4.69) is 0 Å². The highest BCUT2D eigenvalue weighted by atomic mass is 16.5. The lowest BCUT2D eigenvalue weighted by molar-refractivity contribution is -0.135. The van der Waals surface area contributed by atoms with Gasteiger partial charge in [0.2, 0.25) is 0 Å². The first-order valence-electron chi connectivity index (χ1n) is 12.0. The van der Waals surface area contributed by atoms with Crippen LogP contribution in [-0.4, -0.2) is 36.0 Å². The van der Waals surface area contributed by atoms with Gasteiger partial charge in [-0.25, -0.2) is 4.79 Å². The van der Waals surface area contributed by atoms with Crippen molar-refractivity contribution < 1.29 is 33.7 Å². The van der Waals surface area contributed by atoms with Crippen LogP contribution in [0.25, 0.3) is 6.08 Å². The smallest absolute Gasteiger partial charge is 0.342 e. The van der Waals surface area contributed by atoms with Crippen molar-refractivity contribution in [3.8, 4) is 17.2 Å². The number of ether oxygens (including phenoxy) is 3. The summed E-state index contributed by atoms with van der Waals surface area (Å²) < 4.78 is 16.4. The number of aromatic hydroxyl groups is 1. The molecule has 35 heavy (non-hydrogen) atoms. The third-order valence-corrected chi connectivity index (χ3v) is 6.50. The quantitative estimate of drug-likeness (QED) is 0.460. The van der Waals surface area contributed by atoms with Gasteiger partial charge >= 0.3 is 11.9 Å². The summed E-state index contributed by atoms with van der Waals surface area (Å²) in [6, 6.07) is 8.85. The van der Waals surface area contributed by atoms with Gasteiger partial charge in [0.25, 0.3) is 0 Å². The Hall–Kier alpha value is -3.61. The number of phenols is 1. The molecule has 0 fully saturated rings. The average Bonchev–Trinajstić information content (AvgIpc) is 2.82. The molecule has 184 valence electrons. The molecular weight excluding hydrogens is 448 g/mol. The van der Waals surface area contributed by atoms with Gasteiger partial charge in [0.05, 0.1) is 19.6 Å². The maximum absolute atomic E-state index is 13.2. The Morgan fingerprint density at radius 3 is 2.54 bits per heavy atom. The van der Waals surface area contributed by atoms with Crippen molar-refractivity contribution >= 4 is 23.8 Å². The first-order valence-corrected chi connectivity index (χ1v) is 12.0. The largest absolute Gasteiger partial charge is 0.507 e. The Balaban J connectivity index is 1.79. The van der Waals surface area contributed by atoms with Crippen LogP contribution in [0.2, 0.25) is 0 Å². The van der Waals surface area contributed by atoms with Gasteiger partial charge in [0.1, 0.15) is 28.6 Å². The summed E-state index contributed by atoms with van der Waals surface area (Å²) in [6.45, 7) is 1.78. The minimum Gasteiger partial charge on any atom is -0.507 e. The number of ketones is 1. The minimum absolute atomic E-state index is 0.0288. The molecule has 2 aromatic rings. The monoisotopic (exact) mass is 478 g/mol. The number of carbonyl (C=O) groups excluding carboxylic acids is 3. The topological polar surface area (TPSA) is 99.1 Å². The van der Waals surface area contributed by atoms with Gasteiger partial charge in [0.15, 0.2) is 0 Å². The fraction of sp³-hybridized carbons (Fsp3) is 0.393. The number of carbonyl (C=O) groups is 3. The molecule has 7 heteroatoms. The molecule has 1 N–H and O–H groups in total. The van der Waals surface area contributed by atoms with Crippen molar-refractivity contribution in [2.24, 2.45) is 0 Å². The molecule has 0 radical (unpaired) electrons. The van der Waals surface area contributed by atoms with E-state index in [9.17, 15) is 19.5 Å². The predicted molar refractivity (Wildman–Crippen MR) is 130 cm³/mol. The average molecular weight is 479 g/mol. The van der Waals surface area contributed by atoms with Crippen LogP contribution in [0, 0.1) is 0 Å². The molecule has 0 spiro atoms. The molecule has 0 aliphatic carbocycles. The van der Waals surface area contributed by atoms with Crippen molar-refractivity contribution in [1.82, 2.24) is 0 Å². The molecule has 0 unspecified atom stereocenters. The van der Waals surface area contributed by atoms with Gasteiger partial charge in [-0.2, -0.15) is 0 Å². The lowest BCUT2D eigenvalue weighted by atomic mass is 9.83. The third kappa shape index (κ3) is 5.56. The Bertz CT molecular complexity index is 1150. The molecule has 0 aromatic heterocycles. The summed E-state index contributed by atoms with van der Waals surface area (Å²) in [4.78, 5) is 37.7. The molecule has 7 nitrogen and oxygen atoms in total. The van der Waals surface area contributed by atoms with Crippen LogP contribution in [0.15, 0.2) is 36.4 Å². The zero-order valence-electron chi connectivity index (χ0n) is 20.0. The normalized spacial score (nSPS) is 21.3. The van der Waals surface area contributed by atoms with Gasteiger partial charge < -0.3 is 19.3 Å². The number of cyclic esters (lactones) is 1. The van der Waals surface area contributed by atoms with Crippen molar-refractivity contribution in [3.63, 3.8) is 0 Å². The number of esters is 2. The maximum Gasteiger partial charge on any atom is 0.342 e. The van der Waals surface area contributed by atoms with Crippen molar-refractivity contribution in [1.29, 1.82) is 0 Å². The van der Waals surface area contributed by atoms with E-state index >= 15 is 0 Å². The Labute approximate surface area is 204 Å². The fourth-order valence-electron chi connectivity index (χ4n) is 4.64. The van der Waals surface area contributed by atoms with E-state index in [-0.39, 0.29) is 29.3 Å². The molecule has 2 atom stereocenters. The molecule has 2 aromatic carbocycles. The molecule has 2 aliphatic rings. The number of allylic oxidation sites excluding steroid dienone is 1. The van der Waals surface area contributed by atoms with Crippen LogP contribution >= 0.6 is 0 Å². The second kappa shape index (κ2) is 10.8. The maximum atomic E-state index is 13.2. The number of hydrogen-bond acceptors (Lipinski definition) is 7. The molecule has 0 saturated heterocycles. The molecule has 0 bridgehead atoms. The van der Waals surface area contributed by atoms with Gasteiger partial charge in [-0.1, -0.05) is 24.3 Å². The van der Waals surface area contributed by atoms with E-state index in [4.69, 9.17) is 14.2 Å². The van der Waals surface area contributed by atoms with Gasteiger partial charge in [-0.3, -0.25) is 9.59 Å². The lowest BCUT2D eigenvalue weighted by Crippen LogP contribution is -2.23. The summed E-state index contributed by atoms with van der Waals surface area (Å²) >= 11 is 0. The van der Waals surface area contributed by atoms with Crippen LogP contribution in [0.5, 0.6) is 17.2 Å². The molecule has 0 amide bonds. The second-order valence-corrected chi connectivity index (χ2v) is 9.05. The Morgan fingerprint density at radius 1 is 1.06 bits per heavy atom. The summed E-state index contributed by atoms with van der Waals surface area (Å²) in [6.07, 6.45) is 6.69. The predicted octanol–water partition coefficient (Wildman–Crippen LogP) is 5.32. The SMILES string of the molecule is COc1ccc([C@H]2CC(=O)Oc3cc4c(c(O)c32)C(=O)O[C@H](C)CCCC(=O)CCCC=C4)cc1. The molecule has 2 aliphatic heterocycles. The molecule has 2 heterocycles. The number of rotatable bonds is 2. The zero-order valence-corrected chi connectivity index (χ0v) is 20.0. The number of fused-ring (bicyclic) bond motifs is 2. The summed E-state index contributed by atoms with van der Waals surface area (Å²) in [7, 11) is 1.57. The van der Waals surface area contributed by atoms with Crippen LogP contribution in [0.3, 0.4) is 0 Å². The highest BCUT2D eigenvalue weighted by molar-refractivity contribution is 5.98. The van der Waals surface area contributed by atoms with E-state index in [1.807, 2.05) is 18.2 Å². The van der Waals surface area contributed by atoms with Crippen molar-refractivity contribution in [2.75, 3.05) is 7.11 Å². The van der Waals surface area contributed by atoms with Crippen LogP contribution in [0.1, 0.15) is 84.8 Å². The van der Waals surface area contributed by atoms with Crippen LogP contribution in [-0.2, 0) is 14.3 Å². The molecule has 0 saturated carbocycles. The first-order chi connectivity index (χ1) is 16.9. The Kier molecular flexibility index (Phi) is 7.54. The van der Waals surface area contributed by atoms with E-state index in [1.54, 1.807) is 38.3 Å². The van der Waals surface area contributed by atoms with Gasteiger partial charge in [-0.05, 0) is 61.9 Å². The van der Waals surface area contributed by atoms with E-state index in [1.165, 1.54) is 0 Å². The summed E-state index contributed by atoms with van der Waals surface area (Å²) in [5.41, 5.74) is 1.64. The number of methoxy groups -OCH3 is 1. The number of Topliss-reactive ketones (excluding diaryl/α,β-unsaturated/α-hetero) is 1. The highest BCUT2D eigenvalue weighted by Gasteiger charge is 2.35. The standard InChI is InChI=1S/C28H30O7/c1-17-7-6-10-20(29)9-5-3-4-8-19-15-23-26(27(31)25(19)28(32)34-17)22(16-24(30)35-23)18-11-13-21(33-2)14-12-18/h4,8,11-15,17,22,31H,3,5-7,9-10,16H2,1-2H3/t17-,22-/m1/s1. The van der Waals surface area contributed by atoms with Gasteiger partial charge in [-0.15, -0.1) is 0 Å². The van der Waals surface area contributed by atoms with E-state index in [0.29, 0.717) is 55.4 Å².